The van der Waals surface area contributed by atoms with E-state index >= 15 is 0 Å². The van der Waals surface area contributed by atoms with Crippen molar-refractivity contribution in [2.45, 2.75) is 33.2 Å². The molecule has 0 saturated carbocycles. The minimum absolute atomic E-state index is 0.517. The number of nitrogens with one attached hydrogen (secondary N) is 1. The topological polar surface area (TPSA) is 30.5 Å². The Bertz CT molecular complexity index is 362. The highest BCUT2D eigenvalue weighted by atomic mass is 16.5. The summed E-state index contributed by atoms with van der Waals surface area (Å²) in [5.41, 5.74) is 1.35. The van der Waals surface area contributed by atoms with E-state index in [1.165, 1.54) is 5.56 Å². The molecule has 0 saturated heterocycles. The number of hydrogen-bond acceptors (Lipinski definition) is 3. The van der Waals surface area contributed by atoms with Crippen molar-refractivity contribution in [3.8, 4) is 5.75 Å². The normalized spacial score (nSPS) is 14.3. The minimum atomic E-state index is 0.517. The second-order valence-corrected chi connectivity index (χ2v) is 5.81. The molecule has 0 bridgehead atoms. The van der Waals surface area contributed by atoms with Gasteiger partial charge in [0.1, 0.15) is 5.75 Å². The molecule has 1 aromatic carbocycles. The van der Waals surface area contributed by atoms with Crippen molar-refractivity contribution in [1.82, 2.24) is 5.32 Å². The predicted molar refractivity (Wildman–Crippen MR) is 84.4 cm³/mol. The summed E-state index contributed by atoms with van der Waals surface area (Å²) in [5, 5.41) is 3.55. The van der Waals surface area contributed by atoms with E-state index in [2.05, 4.69) is 38.2 Å². The van der Waals surface area contributed by atoms with Gasteiger partial charge in [0.15, 0.2) is 0 Å². The molecule has 0 aromatic heterocycles. The molecule has 1 aromatic rings. The molecule has 0 radical (unpaired) electrons. The van der Waals surface area contributed by atoms with Crippen LogP contribution in [0.5, 0.6) is 5.75 Å². The fraction of sp³-hybridized carbons (Fsp3) is 0.647. The number of methoxy groups -OCH3 is 2. The Labute approximate surface area is 123 Å². The third-order valence-corrected chi connectivity index (χ3v) is 3.68. The second-order valence-electron chi connectivity index (χ2n) is 5.81. The first-order valence-electron chi connectivity index (χ1n) is 7.42. The lowest BCUT2D eigenvalue weighted by Crippen LogP contribution is -2.34. The Kier molecular flexibility index (Phi) is 7.63. The molecule has 0 amide bonds. The van der Waals surface area contributed by atoms with Crippen LogP contribution in [0, 0.1) is 11.8 Å². The van der Waals surface area contributed by atoms with Gasteiger partial charge in [-0.1, -0.05) is 32.9 Å². The van der Waals surface area contributed by atoms with Crippen LogP contribution in [0.2, 0.25) is 0 Å². The van der Waals surface area contributed by atoms with E-state index in [1.807, 2.05) is 12.1 Å². The van der Waals surface area contributed by atoms with Gasteiger partial charge in [-0.25, -0.2) is 0 Å². The average Bonchev–Trinajstić information content (AvgIpc) is 2.44. The van der Waals surface area contributed by atoms with Crippen LogP contribution in [0.3, 0.4) is 0 Å². The monoisotopic (exact) mass is 279 g/mol. The van der Waals surface area contributed by atoms with Gasteiger partial charge in [-0.2, -0.15) is 0 Å². The van der Waals surface area contributed by atoms with Gasteiger partial charge in [0.25, 0.3) is 0 Å². The molecule has 2 unspecified atom stereocenters. The fourth-order valence-electron chi connectivity index (χ4n) is 2.32. The third kappa shape index (κ3) is 5.93. The number of ether oxygens (including phenoxy) is 2. The zero-order valence-corrected chi connectivity index (χ0v) is 13.5. The van der Waals surface area contributed by atoms with Crippen molar-refractivity contribution in [2.75, 3.05) is 27.4 Å². The molecule has 1 rings (SSSR count). The van der Waals surface area contributed by atoms with Gasteiger partial charge in [0, 0.05) is 19.8 Å². The molecule has 0 heterocycles. The van der Waals surface area contributed by atoms with E-state index in [9.17, 15) is 0 Å². The average molecular weight is 279 g/mol. The second kappa shape index (κ2) is 8.98. The summed E-state index contributed by atoms with van der Waals surface area (Å²) in [6, 6.07) is 8.89. The van der Waals surface area contributed by atoms with E-state index < -0.39 is 0 Å². The lowest BCUT2D eigenvalue weighted by Gasteiger charge is -2.25. The van der Waals surface area contributed by atoms with Crippen LogP contribution in [-0.2, 0) is 11.2 Å². The molecule has 0 aliphatic heterocycles. The summed E-state index contributed by atoms with van der Waals surface area (Å²) < 4.78 is 10.5. The van der Waals surface area contributed by atoms with Crippen molar-refractivity contribution in [3.05, 3.63) is 29.8 Å². The molecule has 114 valence electrons. The van der Waals surface area contributed by atoms with Crippen LogP contribution in [0.4, 0.5) is 0 Å². The van der Waals surface area contributed by atoms with Crippen LogP contribution in [0.1, 0.15) is 26.3 Å². The van der Waals surface area contributed by atoms with E-state index in [0.717, 1.165) is 25.3 Å². The molecule has 0 aliphatic rings. The van der Waals surface area contributed by atoms with Crippen LogP contribution in [-0.4, -0.2) is 33.4 Å². The van der Waals surface area contributed by atoms with Gasteiger partial charge in [-0.3, -0.25) is 0 Å². The maximum absolute atomic E-state index is 5.32. The first-order chi connectivity index (χ1) is 9.56. The van der Waals surface area contributed by atoms with Crippen LogP contribution in [0.15, 0.2) is 24.3 Å². The van der Waals surface area contributed by atoms with Crippen molar-refractivity contribution < 1.29 is 9.47 Å². The van der Waals surface area contributed by atoms with E-state index in [-0.39, 0.29) is 0 Å². The molecule has 0 spiro atoms. The maximum atomic E-state index is 5.32. The zero-order valence-electron chi connectivity index (χ0n) is 13.5. The molecular formula is C17H29NO2. The van der Waals surface area contributed by atoms with Crippen LogP contribution >= 0.6 is 0 Å². The molecular weight excluding hydrogens is 250 g/mol. The molecule has 0 aliphatic carbocycles. The Morgan fingerprint density at radius 3 is 2.20 bits per heavy atom. The molecule has 2 atom stereocenters. The van der Waals surface area contributed by atoms with Gasteiger partial charge in [0.05, 0.1) is 7.11 Å². The molecule has 0 fully saturated rings. The maximum Gasteiger partial charge on any atom is 0.118 e. The van der Waals surface area contributed by atoms with E-state index in [4.69, 9.17) is 9.47 Å². The third-order valence-electron chi connectivity index (χ3n) is 3.68. The largest absolute Gasteiger partial charge is 0.497 e. The number of rotatable bonds is 9. The summed E-state index contributed by atoms with van der Waals surface area (Å²) in [5.74, 6) is 2.02. The van der Waals surface area contributed by atoms with Gasteiger partial charge >= 0.3 is 0 Å². The van der Waals surface area contributed by atoms with E-state index in [1.54, 1.807) is 14.2 Å². The summed E-state index contributed by atoms with van der Waals surface area (Å²) in [7, 11) is 3.47. The van der Waals surface area contributed by atoms with Crippen LogP contribution in [0.25, 0.3) is 0 Å². The van der Waals surface area contributed by atoms with Gasteiger partial charge in [0.2, 0.25) is 0 Å². The van der Waals surface area contributed by atoms with E-state index in [0.29, 0.717) is 17.9 Å². The molecule has 3 nitrogen and oxygen atoms in total. The minimum Gasteiger partial charge on any atom is -0.497 e. The van der Waals surface area contributed by atoms with Gasteiger partial charge < -0.3 is 14.8 Å². The summed E-state index contributed by atoms with van der Waals surface area (Å²) in [6.07, 6.45) is 1.06. The first kappa shape index (κ1) is 17.0. The Balaban J connectivity index is 2.65. The first-order valence-corrected chi connectivity index (χ1v) is 7.42. The Morgan fingerprint density at radius 1 is 1.05 bits per heavy atom. The summed E-state index contributed by atoms with van der Waals surface area (Å²) in [6.45, 7) is 8.46. The van der Waals surface area contributed by atoms with Crippen molar-refractivity contribution in [3.63, 3.8) is 0 Å². The molecule has 1 N–H and O–H groups in total. The smallest absolute Gasteiger partial charge is 0.118 e. The Morgan fingerprint density at radius 2 is 1.70 bits per heavy atom. The predicted octanol–water partition coefficient (Wildman–Crippen LogP) is 3.13. The highest BCUT2D eigenvalue weighted by Gasteiger charge is 2.18. The quantitative estimate of drug-likeness (QED) is 0.753. The van der Waals surface area contributed by atoms with Crippen molar-refractivity contribution in [1.29, 1.82) is 0 Å². The number of benzene rings is 1. The van der Waals surface area contributed by atoms with Crippen molar-refractivity contribution in [2.24, 2.45) is 11.8 Å². The zero-order chi connectivity index (χ0) is 15.0. The lowest BCUT2D eigenvalue weighted by atomic mass is 9.88. The van der Waals surface area contributed by atoms with Crippen LogP contribution < -0.4 is 10.1 Å². The highest BCUT2D eigenvalue weighted by molar-refractivity contribution is 5.27. The van der Waals surface area contributed by atoms with Crippen molar-refractivity contribution >= 4 is 0 Å². The lowest BCUT2D eigenvalue weighted by molar-refractivity contribution is 0.127. The van der Waals surface area contributed by atoms with Gasteiger partial charge in [-0.05, 0) is 42.5 Å². The highest BCUT2D eigenvalue weighted by Crippen LogP contribution is 2.20. The number of hydrogen-bond donors (Lipinski definition) is 1. The van der Waals surface area contributed by atoms with Gasteiger partial charge in [-0.15, -0.1) is 0 Å². The summed E-state index contributed by atoms with van der Waals surface area (Å²) in [4.78, 5) is 0. The standard InChI is InChI=1S/C17H29NO2/c1-13(2)18-11-16(14(3)12-19-4)10-15-6-8-17(20-5)9-7-15/h6-9,13-14,16,18H,10-12H2,1-5H3. The summed E-state index contributed by atoms with van der Waals surface area (Å²) >= 11 is 0. The molecule has 20 heavy (non-hydrogen) atoms. The fourth-order valence-corrected chi connectivity index (χ4v) is 2.32. The molecule has 3 heteroatoms. The SMILES string of the molecule is COCC(C)C(CNC(C)C)Cc1ccc(OC)cc1. The Hall–Kier alpha value is -1.06.